The SMILES string of the molecule is COc1cccc2c1[nH]c(=S)n2C1CCCC(C)(C)C1. The maximum Gasteiger partial charge on any atom is 0.178 e. The molecule has 1 heterocycles. The normalized spacial score (nSPS) is 22.1. The zero-order valence-corrected chi connectivity index (χ0v) is 13.2. The summed E-state index contributed by atoms with van der Waals surface area (Å²) in [5, 5.41) is 0. The molecule has 0 spiro atoms. The van der Waals surface area contributed by atoms with E-state index < -0.39 is 0 Å². The second kappa shape index (κ2) is 4.92. The molecule has 108 valence electrons. The lowest BCUT2D eigenvalue weighted by Gasteiger charge is -2.36. The van der Waals surface area contributed by atoms with E-state index >= 15 is 0 Å². The first-order valence-corrected chi connectivity index (χ1v) is 7.70. The number of para-hydroxylation sites is 1. The number of methoxy groups -OCH3 is 1. The van der Waals surface area contributed by atoms with Crippen molar-refractivity contribution in [3.8, 4) is 5.75 Å². The highest BCUT2D eigenvalue weighted by atomic mass is 32.1. The molecule has 0 amide bonds. The Bertz CT molecular complexity index is 683. The van der Waals surface area contributed by atoms with E-state index in [-0.39, 0.29) is 0 Å². The van der Waals surface area contributed by atoms with Gasteiger partial charge in [0, 0.05) is 6.04 Å². The van der Waals surface area contributed by atoms with Gasteiger partial charge in [-0.25, -0.2) is 0 Å². The van der Waals surface area contributed by atoms with Crippen molar-refractivity contribution in [3.05, 3.63) is 23.0 Å². The number of nitrogens with zero attached hydrogens (tertiary/aromatic N) is 1. The van der Waals surface area contributed by atoms with Crippen LogP contribution in [0, 0.1) is 10.2 Å². The number of aromatic amines is 1. The van der Waals surface area contributed by atoms with Gasteiger partial charge in [-0.05, 0) is 49.0 Å². The largest absolute Gasteiger partial charge is 0.494 e. The lowest BCUT2D eigenvalue weighted by atomic mass is 9.75. The summed E-state index contributed by atoms with van der Waals surface area (Å²) >= 11 is 5.57. The number of imidazole rings is 1. The quantitative estimate of drug-likeness (QED) is 0.801. The molecular weight excluding hydrogens is 268 g/mol. The Balaban J connectivity index is 2.12. The average Bonchev–Trinajstić information content (AvgIpc) is 2.73. The second-order valence-electron chi connectivity index (χ2n) is 6.57. The van der Waals surface area contributed by atoms with Crippen LogP contribution in [0.5, 0.6) is 5.75 Å². The summed E-state index contributed by atoms with van der Waals surface area (Å²) in [5.41, 5.74) is 2.58. The van der Waals surface area contributed by atoms with Gasteiger partial charge in [0.25, 0.3) is 0 Å². The number of rotatable bonds is 2. The highest BCUT2D eigenvalue weighted by Crippen LogP contribution is 2.42. The predicted octanol–water partition coefficient (Wildman–Crippen LogP) is 4.85. The monoisotopic (exact) mass is 290 g/mol. The van der Waals surface area contributed by atoms with Crippen LogP contribution >= 0.6 is 12.2 Å². The second-order valence-corrected chi connectivity index (χ2v) is 6.96. The first-order chi connectivity index (χ1) is 9.52. The summed E-state index contributed by atoms with van der Waals surface area (Å²) in [4.78, 5) is 3.32. The van der Waals surface area contributed by atoms with Crippen molar-refractivity contribution < 1.29 is 4.74 Å². The molecule has 1 aromatic heterocycles. The van der Waals surface area contributed by atoms with E-state index in [2.05, 4.69) is 29.5 Å². The number of hydrogen-bond donors (Lipinski definition) is 1. The maximum atomic E-state index is 5.57. The van der Waals surface area contributed by atoms with Gasteiger partial charge in [-0.3, -0.25) is 0 Å². The minimum Gasteiger partial charge on any atom is -0.494 e. The van der Waals surface area contributed by atoms with Gasteiger partial charge < -0.3 is 14.3 Å². The number of fused-ring (bicyclic) bond motifs is 1. The summed E-state index contributed by atoms with van der Waals surface area (Å²) in [6, 6.07) is 6.63. The van der Waals surface area contributed by atoms with Crippen molar-refractivity contribution in [2.24, 2.45) is 5.41 Å². The van der Waals surface area contributed by atoms with Gasteiger partial charge in [-0.2, -0.15) is 0 Å². The predicted molar refractivity (Wildman–Crippen MR) is 85.0 cm³/mol. The molecule has 3 nitrogen and oxygen atoms in total. The molecular formula is C16H22N2OS. The van der Waals surface area contributed by atoms with Crippen LogP contribution in [0.2, 0.25) is 0 Å². The van der Waals surface area contributed by atoms with E-state index in [1.807, 2.05) is 12.1 Å². The van der Waals surface area contributed by atoms with Gasteiger partial charge >= 0.3 is 0 Å². The molecule has 1 saturated carbocycles. The fourth-order valence-electron chi connectivity index (χ4n) is 3.53. The van der Waals surface area contributed by atoms with Crippen molar-refractivity contribution in [1.29, 1.82) is 0 Å². The molecule has 0 saturated heterocycles. The fourth-order valence-corrected chi connectivity index (χ4v) is 3.88. The number of aromatic nitrogens is 2. The van der Waals surface area contributed by atoms with E-state index in [1.54, 1.807) is 7.11 Å². The fraction of sp³-hybridized carbons (Fsp3) is 0.562. The average molecular weight is 290 g/mol. The van der Waals surface area contributed by atoms with Gasteiger partial charge in [0.2, 0.25) is 0 Å². The number of hydrogen-bond acceptors (Lipinski definition) is 2. The van der Waals surface area contributed by atoms with Crippen molar-refractivity contribution in [3.63, 3.8) is 0 Å². The topological polar surface area (TPSA) is 29.9 Å². The van der Waals surface area contributed by atoms with E-state index in [1.165, 1.54) is 25.7 Å². The van der Waals surface area contributed by atoms with Gasteiger partial charge in [0.05, 0.1) is 12.6 Å². The van der Waals surface area contributed by atoms with Gasteiger partial charge in [-0.15, -0.1) is 0 Å². The van der Waals surface area contributed by atoms with Crippen molar-refractivity contribution >= 4 is 23.3 Å². The number of benzene rings is 1. The molecule has 1 aliphatic rings. The third-order valence-corrected chi connectivity index (χ3v) is 4.78. The molecule has 3 rings (SSSR count). The molecule has 0 bridgehead atoms. The first-order valence-electron chi connectivity index (χ1n) is 7.29. The molecule has 1 atom stereocenters. The summed E-state index contributed by atoms with van der Waals surface area (Å²) in [6.07, 6.45) is 4.98. The number of H-pyrrole nitrogens is 1. The van der Waals surface area contributed by atoms with Crippen LogP contribution in [-0.2, 0) is 0 Å². The van der Waals surface area contributed by atoms with Crippen LogP contribution in [0.4, 0.5) is 0 Å². The van der Waals surface area contributed by atoms with Gasteiger partial charge in [0.15, 0.2) is 4.77 Å². The summed E-state index contributed by atoms with van der Waals surface area (Å²) in [6.45, 7) is 4.72. The third-order valence-electron chi connectivity index (χ3n) is 4.48. The Hall–Kier alpha value is -1.29. The summed E-state index contributed by atoms with van der Waals surface area (Å²) in [7, 11) is 1.70. The molecule has 1 N–H and O–H groups in total. The van der Waals surface area contributed by atoms with Crippen molar-refractivity contribution in [2.75, 3.05) is 7.11 Å². The number of ether oxygens (including phenoxy) is 1. The van der Waals surface area contributed by atoms with E-state index in [0.29, 0.717) is 11.5 Å². The Labute approximate surface area is 125 Å². The third kappa shape index (κ3) is 2.26. The molecule has 1 aliphatic carbocycles. The summed E-state index contributed by atoms with van der Waals surface area (Å²) in [5.74, 6) is 0.863. The van der Waals surface area contributed by atoms with E-state index in [9.17, 15) is 0 Å². The van der Waals surface area contributed by atoms with E-state index in [4.69, 9.17) is 17.0 Å². The molecule has 1 fully saturated rings. The Morgan fingerprint density at radius 3 is 2.90 bits per heavy atom. The molecule has 0 radical (unpaired) electrons. The highest BCUT2D eigenvalue weighted by molar-refractivity contribution is 7.71. The Morgan fingerprint density at radius 1 is 1.40 bits per heavy atom. The lowest BCUT2D eigenvalue weighted by molar-refractivity contribution is 0.185. The Morgan fingerprint density at radius 2 is 2.20 bits per heavy atom. The maximum absolute atomic E-state index is 5.57. The molecule has 4 heteroatoms. The molecule has 0 aliphatic heterocycles. The van der Waals surface area contributed by atoms with Crippen molar-refractivity contribution in [1.82, 2.24) is 9.55 Å². The lowest BCUT2D eigenvalue weighted by Crippen LogP contribution is -2.25. The first kappa shape index (κ1) is 13.7. The van der Waals surface area contributed by atoms with Crippen LogP contribution in [0.3, 0.4) is 0 Å². The van der Waals surface area contributed by atoms with Crippen LogP contribution in [0.15, 0.2) is 18.2 Å². The standard InChI is InChI=1S/C16H22N2OS/c1-16(2)9-5-6-11(10-16)18-12-7-4-8-13(19-3)14(12)17-15(18)20/h4,7-8,11H,5-6,9-10H2,1-3H3,(H,17,20). The molecule has 2 aromatic rings. The minimum atomic E-state index is 0.403. The van der Waals surface area contributed by atoms with Gasteiger partial charge in [-0.1, -0.05) is 26.3 Å². The zero-order valence-electron chi connectivity index (χ0n) is 12.4. The van der Waals surface area contributed by atoms with E-state index in [0.717, 1.165) is 21.6 Å². The molecule has 1 aromatic carbocycles. The highest BCUT2D eigenvalue weighted by Gasteiger charge is 2.30. The zero-order chi connectivity index (χ0) is 14.3. The smallest absolute Gasteiger partial charge is 0.178 e. The van der Waals surface area contributed by atoms with Crippen LogP contribution in [0.25, 0.3) is 11.0 Å². The minimum absolute atomic E-state index is 0.403. The van der Waals surface area contributed by atoms with Crippen LogP contribution in [-0.4, -0.2) is 16.7 Å². The van der Waals surface area contributed by atoms with Crippen molar-refractivity contribution in [2.45, 2.75) is 45.6 Å². The Kier molecular flexibility index (Phi) is 3.36. The number of nitrogens with one attached hydrogen (secondary N) is 1. The summed E-state index contributed by atoms with van der Waals surface area (Å²) < 4.78 is 8.55. The van der Waals surface area contributed by atoms with Crippen LogP contribution in [0.1, 0.15) is 45.6 Å². The van der Waals surface area contributed by atoms with Crippen LogP contribution < -0.4 is 4.74 Å². The molecule has 1 unspecified atom stereocenters. The molecule has 20 heavy (non-hydrogen) atoms. The van der Waals surface area contributed by atoms with Gasteiger partial charge in [0.1, 0.15) is 11.3 Å².